The van der Waals surface area contributed by atoms with Crippen LogP contribution < -0.4 is 21.5 Å². The molecule has 0 radical (unpaired) electrons. The SMILES string of the molecule is [2H]C([2H])([2H])n1cc(-c2ccc3ncnc(N4CCNCC4)c3c2)cc(N)c1=O. The van der Waals surface area contributed by atoms with Gasteiger partial charge in [0.25, 0.3) is 5.56 Å². The molecule has 0 atom stereocenters. The number of anilines is 2. The fourth-order valence-electron chi connectivity index (χ4n) is 3.11. The fourth-order valence-corrected chi connectivity index (χ4v) is 3.11. The van der Waals surface area contributed by atoms with Crippen LogP contribution in [0.4, 0.5) is 11.5 Å². The quantitative estimate of drug-likeness (QED) is 0.724. The summed E-state index contributed by atoms with van der Waals surface area (Å²) >= 11 is 0. The van der Waals surface area contributed by atoms with Crippen molar-refractivity contribution in [3.63, 3.8) is 0 Å². The van der Waals surface area contributed by atoms with Crippen molar-refractivity contribution in [1.29, 1.82) is 0 Å². The number of pyridine rings is 1. The topological polar surface area (TPSA) is 89.1 Å². The summed E-state index contributed by atoms with van der Waals surface area (Å²) in [5, 5.41) is 4.18. The van der Waals surface area contributed by atoms with Crippen molar-refractivity contribution in [2.45, 2.75) is 0 Å². The van der Waals surface area contributed by atoms with Crippen molar-refractivity contribution in [2.24, 2.45) is 6.98 Å². The van der Waals surface area contributed by atoms with Crippen LogP contribution in [0.25, 0.3) is 22.0 Å². The lowest BCUT2D eigenvalue weighted by molar-refractivity contribution is 0.586. The standard InChI is InChI=1S/C18H20N6O/c1-23-10-13(9-15(19)18(23)25)12-2-3-16-14(8-12)17(22-11-21-16)24-6-4-20-5-7-24/h2-3,8-11,20H,4-7,19H2,1H3/i1D3. The number of rotatable bonds is 2. The van der Waals surface area contributed by atoms with Crippen LogP contribution in [-0.4, -0.2) is 40.7 Å². The van der Waals surface area contributed by atoms with E-state index in [9.17, 15) is 4.79 Å². The normalized spacial score (nSPS) is 17.1. The molecule has 1 aliphatic rings. The zero-order valence-electron chi connectivity index (χ0n) is 16.6. The van der Waals surface area contributed by atoms with Crippen molar-refractivity contribution in [3.05, 3.63) is 47.1 Å². The van der Waals surface area contributed by atoms with Crippen LogP contribution in [0.5, 0.6) is 0 Å². The van der Waals surface area contributed by atoms with Crippen LogP contribution in [0.3, 0.4) is 0 Å². The summed E-state index contributed by atoms with van der Waals surface area (Å²) in [6, 6.07) is 7.11. The fraction of sp³-hybridized carbons (Fsp3) is 0.278. The second kappa shape index (κ2) is 6.18. The smallest absolute Gasteiger partial charge is 0.273 e. The van der Waals surface area contributed by atoms with Crippen LogP contribution in [-0.2, 0) is 6.98 Å². The third-order valence-corrected chi connectivity index (χ3v) is 4.41. The van der Waals surface area contributed by atoms with E-state index in [-0.39, 0.29) is 5.69 Å². The Hall–Kier alpha value is -2.93. The first-order valence-corrected chi connectivity index (χ1v) is 8.08. The number of piperazine rings is 1. The lowest BCUT2D eigenvalue weighted by Gasteiger charge is -2.29. The molecule has 1 saturated heterocycles. The predicted molar refractivity (Wildman–Crippen MR) is 99.7 cm³/mol. The van der Waals surface area contributed by atoms with Gasteiger partial charge in [0.15, 0.2) is 0 Å². The van der Waals surface area contributed by atoms with Crippen molar-refractivity contribution in [1.82, 2.24) is 19.9 Å². The van der Waals surface area contributed by atoms with Gasteiger partial charge >= 0.3 is 0 Å². The molecule has 0 amide bonds. The number of hydrogen-bond acceptors (Lipinski definition) is 6. The molecule has 4 rings (SSSR count). The summed E-state index contributed by atoms with van der Waals surface area (Å²) < 4.78 is 23.4. The number of nitrogens with one attached hydrogen (secondary N) is 1. The Labute approximate surface area is 149 Å². The number of nitrogen functional groups attached to an aromatic ring is 1. The molecule has 1 aliphatic heterocycles. The van der Waals surface area contributed by atoms with Gasteiger partial charge in [-0.05, 0) is 23.8 Å². The molecule has 7 heteroatoms. The molecule has 128 valence electrons. The van der Waals surface area contributed by atoms with E-state index in [1.54, 1.807) is 6.33 Å². The molecule has 1 fully saturated rings. The molecule has 3 heterocycles. The second-order valence-electron chi connectivity index (χ2n) is 6.03. The molecule has 0 aliphatic carbocycles. The average Bonchev–Trinajstić information content (AvgIpc) is 2.69. The summed E-state index contributed by atoms with van der Waals surface area (Å²) in [5.41, 5.74) is 7.04. The highest BCUT2D eigenvalue weighted by Crippen LogP contribution is 2.29. The molecule has 7 nitrogen and oxygen atoms in total. The van der Waals surface area contributed by atoms with E-state index in [1.165, 1.54) is 12.3 Å². The lowest BCUT2D eigenvalue weighted by atomic mass is 10.0. The number of hydrogen-bond donors (Lipinski definition) is 2. The van der Waals surface area contributed by atoms with Crippen molar-refractivity contribution >= 4 is 22.4 Å². The second-order valence-corrected chi connectivity index (χ2v) is 6.03. The monoisotopic (exact) mass is 339 g/mol. The van der Waals surface area contributed by atoms with E-state index in [0.29, 0.717) is 10.1 Å². The number of benzene rings is 1. The van der Waals surface area contributed by atoms with Crippen LogP contribution in [0.2, 0.25) is 0 Å². The lowest BCUT2D eigenvalue weighted by Crippen LogP contribution is -2.44. The van der Waals surface area contributed by atoms with Gasteiger partial charge < -0.3 is 20.5 Å². The Morgan fingerprint density at radius 3 is 2.84 bits per heavy atom. The third-order valence-electron chi connectivity index (χ3n) is 4.41. The number of nitrogens with zero attached hydrogens (tertiary/aromatic N) is 4. The molecular weight excluding hydrogens is 316 g/mol. The van der Waals surface area contributed by atoms with Crippen LogP contribution in [0.15, 0.2) is 41.6 Å². The number of nitrogens with two attached hydrogens (primary N) is 1. The van der Waals surface area contributed by atoms with Crippen molar-refractivity contribution in [2.75, 3.05) is 36.8 Å². The molecular formula is C18H20N6O. The maximum Gasteiger partial charge on any atom is 0.273 e. The first-order chi connectivity index (χ1) is 13.3. The highest BCUT2D eigenvalue weighted by molar-refractivity contribution is 5.93. The minimum atomic E-state index is -2.60. The maximum atomic E-state index is 12.1. The van der Waals surface area contributed by atoms with Gasteiger partial charge in [-0.2, -0.15) is 0 Å². The summed E-state index contributed by atoms with van der Waals surface area (Å²) in [5.74, 6) is 0.838. The number of aromatic nitrogens is 3. The van der Waals surface area contributed by atoms with E-state index in [1.807, 2.05) is 18.2 Å². The molecule has 3 aromatic rings. The van der Waals surface area contributed by atoms with Gasteiger partial charge in [0.05, 0.1) is 11.2 Å². The predicted octanol–water partition coefficient (Wildman–Crippen LogP) is 0.987. The molecule has 25 heavy (non-hydrogen) atoms. The molecule has 2 aromatic heterocycles. The van der Waals surface area contributed by atoms with E-state index < -0.39 is 12.5 Å². The molecule has 1 aromatic carbocycles. The Morgan fingerprint density at radius 2 is 2.04 bits per heavy atom. The zero-order valence-corrected chi connectivity index (χ0v) is 13.6. The van der Waals surface area contributed by atoms with E-state index >= 15 is 0 Å². The van der Waals surface area contributed by atoms with Crippen molar-refractivity contribution in [3.8, 4) is 11.1 Å². The van der Waals surface area contributed by atoms with Gasteiger partial charge in [0, 0.05) is 54.4 Å². The summed E-state index contributed by atoms with van der Waals surface area (Å²) in [6.45, 7) is 0.837. The first kappa shape index (κ1) is 12.4. The molecule has 0 bridgehead atoms. The minimum absolute atomic E-state index is 0.111. The van der Waals surface area contributed by atoms with Crippen LogP contribution in [0, 0.1) is 0 Å². The maximum absolute atomic E-state index is 12.1. The Bertz CT molecular complexity index is 1090. The number of fused-ring (bicyclic) bond motifs is 1. The zero-order chi connectivity index (χ0) is 19.9. The average molecular weight is 339 g/mol. The van der Waals surface area contributed by atoms with Gasteiger partial charge in [0.1, 0.15) is 12.1 Å². The highest BCUT2D eigenvalue weighted by Gasteiger charge is 2.15. The van der Waals surface area contributed by atoms with Gasteiger partial charge in [-0.1, -0.05) is 6.07 Å². The third kappa shape index (κ3) is 2.83. The van der Waals surface area contributed by atoms with Gasteiger partial charge in [-0.25, -0.2) is 9.97 Å². The van der Waals surface area contributed by atoms with Crippen LogP contribution in [0.1, 0.15) is 4.11 Å². The first-order valence-electron chi connectivity index (χ1n) is 9.58. The summed E-state index contributed by atoms with van der Waals surface area (Å²) in [7, 11) is 0. The van der Waals surface area contributed by atoms with E-state index in [4.69, 9.17) is 9.85 Å². The van der Waals surface area contributed by atoms with E-state index in [0.717, 1.165) is 48.5 Å². The Morgan fingerprint density at radius 1 is 1.20 bits per heavy atom. The molecule has 0 unspecified atom stereocenters. The Balaban J connectivity index is 1.86. The van der Waals surface area contributed by atoms with Gasteiger partial charge in [0.2, 0.25) is 0 Å². The summed E-state index contributed by atoms with van der Waals surface area (Å²) in [4.78, 5) is 23.1. The molecule has 0 saturated carbocycles. The van der Waals surface area contributed by atoms with Gasteiger partial charge in [-0.15, -0.1) is 0 Å². The number of aryl methyl sites for hydroxylation is 1. The summed E-state index contributed by atoms with van der Waals surface area (Å²) in [6.07, 6.45) is 2.87. The molecule has 0 spiro atoms. The van der Waals surface area contributed by atoms with Crippen molar-refractivity contribution < 1.29 is 4.11 Å². The highest BCUT2D eigenvalue weighted by atomic mass is 16.1. The van der Waals surface area contributed by atoms with Crippen LogP contribution >= 0.6 is 0 Å². The van der Waals surface area contributed by atoms with E-state index in [2.05, 4.69) is 20.2 Å². The molecule has 3 N–H and O–H groups in total. The minimum Gasteiger partial charge on any atom is -0.394 e. The largest absolute Gasteiger partial charge is 0.394 e. The Kier molecular flexibility index (Phi) is 3.07. The van der Waals surface area contributed by atoms with Gasteiger partial charge in [-0.3, -0.25) is 4.79 Å².